The fourth-order valence-corrected chi connectivity index (χ4v) is 4.43. The normalized spacial score (nSPS) is 15.2. The molecule has 0 aromatic heterocycles. The summed E-state index contributed by atoms with van der Waals surface area (Å²) in [7, 11) is 0. The molecule has 5 amide bonds. The number of aliphatic hydroxyl groups is 1. The Labute approximate surface area is 239 Å². The van der Waals surface area contributed by atoms with Crippen molar-refractivity contribution in [2.24, 2.45) is 0 Å². The average Bonchev–Trinajstić information content (AvgIpc) is 3.03. The number of aliphatic hydroxyl groups excluding tert-OH is 1. The Morgan fingerprint density at radius 3 is 2.37 bits per heavy atom. The minimum atomic E-state index is -1.38. The Hall–Kier alpha value is -4.62. The van der Waals surface area contributed by atoms with Gasteiger partial charge < -0.3 is 30.8 Å². The van der Waals surface area contributed by atoms with E-state index in [4.69, 9.17) is 11.6 Å². The van der Waals surface area contributed by atoms with Crippen LogP contribution in [-0.2, 0) is 28.8 Å². The Kier molecular flexibility index (Phi) is 10.3. The Morgan fingerprint density at radius 1 is 1.10 bits per heavy atom. The molecule has 13 nitrogen and oxygen atoms in total. The molecular formula is C27H28ClN5O8. The van der Waals surface area contributed by atoms with E-state index in [9.17, 15) is 38.7 Å². The minimum absolute atomic E-state index is 0.0426. The molecule has 4 N–H and O–H groups in total. The van der Waals surface area contributed by atoms with Crippen LogP contribution in [0.3, 0.4) is 0 Å². The summed E-state index contributed by atoms with van der Waals surface area (Å²) in [6, 6.07) is 7.73. The smallest absolute Gasteiger partial charge is 0.252 e. The van der Waals surface area contributed by atoms with Crippen LogP contribution in [0.5, 0.6) is 0 Å². The molecule has 2 aromatic carbocycles. The maximum Gasteiger partial charge on any atom is 0.252 e. The standard InChI is InChI=1S/C27H28ClN5O8/c1-15(36)9-18(13-34)30-24(38)12-33-23-6-4-3-5-22(23)32(25(39)14-35)11-21(27(33)41)31-26(40)17-7-8-20(19(28)10-17)29-16(2)37/h3-8,10,13,18,21,35H,9,11-12,14H2,1-2H3,(H,29,37)(H,30,38)(H,31,40)/t18-,21-/m0/s1. The largest absolute Gasteiger partial charge is 0.387 e. The topological polar surface area (TPSA) is 182 Å². The number of carbonyl (C=O) groups is 7. The molecule has 0 unspecified atom stereocenters. The maximum absolute atomic E-state index is 13.8. The highest BCUT2D eigenvalue weighted by Gasteiger charge is 2.37. The number of aldehydes is 1. The van der Waals surface area contributed by atoms with Crippen LogP contribution in [0.15, 0.2) is 42.5 Å². The van der Waals surface area contributed by atoms with E-state index < -0.39 is 48.9 Å². The van der Waals surface area contributed by atoms with Crippen LogP contribution in [0.4, 0.5) is 17.1 Å². The molecule has 0 bridgehead atoms. The molecule has 3 rings (SSSR count). The summed E-state index contributed by atoms with van der Waals surface area (Å²) in [4.78, 5) is 88.8. The van der Waals surface area contributed by atoms with Crippen molar-refractivity contribution in [3.05, 3.63) is 53.1 Å². The van der Waals surface area contributed by atoms with Gasteiger partial charge in [0, 0.05) is 18.9 Å². The summed E-state index contributed by atoms with van der Waals surface area (Å²) in [5.41, 5.74) is 0.652. The fourth-order valence-electron chi connectivity index (χ4n) is 4.21. The van der Waals surface area contributed by atoms with Gasteiger partial charge in [0.05, 0.1) is 34.7 Å². The molecule has 14 heteroatoms. The van der Waals surface area contributed by atoms with Crippen molar-refractivity contribution >= 4 is 70.3 Å². The van der Waals surface area contributed by atoms with E-state index in [1.165, 1.54) is 44.2 Å². The number of halogens is 1. The number of nitrogens with one attached hydrogen (secondary N) is 3. The number of nitrogens with zero attached hydrogens (tertiary/aromatic N) is 2. The van der Waals surface area contributed by atoms with Gasteiger partial charge in [0.25, 0.3) is 17.7 Å². The van der Waals surface area contributed by atoms with Crippen LogP contribution in [0.2, 0.25) is 5.02 Å². The SMILES string of the molecule is CC(=O)C[C@@H](C=O)NC(=O)CN1C(=O)[C@@H](NC(=O)c2ccc(NC(C)=O)c(Cl)c2)CN(C(=O)CO)c2ccccc21. The van der Waals surface area contributed by atoms with Gasteiger partial charge in [-0.2, -0.15) is 0 Å². The molecule has 2 atom stereocenters. The van der Waals surface area contributed by atoms with Crippen molar-refractivity contribution in [3.8, 4) is 0 Å². The number of rotatable bonds is 10. The monoisotopic (exact) mass is 585 g/mol. The highest BCUT2D eigenvalue weighted by Crippen LogP contribution is 2.33. The summed E-state index contributed by atoms with van der Waals surface area (Å²) in [5, 5.41) is 17.1. The molecule has 0 aliphatic carbocycles. The summed E-state index contributed by atoms with van der Waals surface area (Å²) >= 11 is 6.18. The molecule has 2 aromatic rings. The number of fused-ring (bicyclic) bond motifs is 1. The van der Waals surface area contributed by atoms with E-state index in [0.717, 1.165) is 9.80 Å². The van der Waals surface area contributed by atoms with Crippen LogP contribution in [0, 0.1) is 0 Å². The summed E-state index contributed by atoms with van der Waals surface area (Å²) in [6.45, 7) is 0.676. The van der Waals surface area contributed by atoms with Crippen molar-refractivity contribution in [1.29, 1.82) is 0 Å². The van der Waals surface area contributed by atoms with E-state index in [1.54, 1.807) is 12.1 Å². The molecule has 1 aliphatic heterocycles. The molecule has 0 saturated heterocycles. The van der Waals surface area contributed by atoms with Gasteiger partial charge in [-0.25, -0.2) is 0 Å². The van der Waals surface area contributed by atoms with E-state index in [2.05, 4.69) is 16.0 Å². The second-order valence-corrected chi connectivity index (χ2v) is 9.60. The lowest BCUT2D eigenvalue weighted by Gasteiger charge is -2.25. The van der Waals surface area contributed by atoms with Gasteiger partial charge in [0.15, 0.2) is 0 Å². The highest BCUT2D eigenvalue weighted by atomic mass is 35.5. The van der Waals surface area contributed by atoms with E-state index in [-0.39, 0.29) is 52.3 Å². The molecule has 1 heterocycles. The number of benzene rings is 2. The fraction of sp³-hybridized carbons (Fsp3) is 0.296. The number of ketones is 1. The van der Waals surface area contributed by atoms with Gasteiger partial charge in [-0.3, -0.25) is 33.7 Å². The number of para-hydroxylation sites is 2. The number of carbonyl (C=O) groups excluding carboxylic acids is 7. The maximum atomic E-state index is 13.8. The zero-order valence-corrected chi connectivity index (χ0v) is 22.9. The van der Waals surface area contributed by atoms with Crippen LogP contribution >= 0.6 is 11.6 Å². The molecule has 1 aliphatic rings. The van der Waals surface area contributed by atoms with Crippen LogP contribution in [0.1, 0.15) is 30.6 Å². The summed E-state index contributed by atoms with van der Waals surface area (Å²) in [5.74, 6) is -3.73. The van der Waals surface area contributed by atoms with Gasteiger partial charge in [-0.15, -0.1) is 0 Å². The van der Waals surface area contributed by atoms with Gasteiger partial charge in [0.2, 0.25) is 11.8 Å². The third-order valence-corrected chi connectivity index (χ3v) is 6.31. The Morgan fingerprint density at radius 2 is 1.78 bits per heavy atom. The third kappa shape index (κ3) is 7.74. The average molecular weight is 586 g/mol. The highest BCUT2D eigenvalue weighted by molar-refractivity contribution is 6.34. The second kappa shape index (κ2) is 13.6. The molecule has 0 saturated carbocycles. The lowest BCUT2D eigenvalue weighted by molar-refractivity contribution is -0.127. The summed E-state index contributed by atoms with van der Waals surface area (Å²) < 4.78 is 0. The summed E-state index contributed by atoms with van der Waals surface area (Å²) in [6.07, 6.45) is 0.172. The first-order valence-electron chi connectivity index (χ1n) is 12.4. The number of hydrogen-bond acceptors (Lipinski definition) is 8. The Balaban J connectivity index is 1.95. The van der Waals surface area contributed by atoms with E-state index >= 15 is 0 Å². The first kappa shape index (κ1) is 30.9. The number of Topliss-reactive ketones (excluding diaryl/α,β-unsaturated/α-hetero) is 1. The first-order valence-corrected chi connectivity index (χ1v) is 12.8. The first-order chi connectivity index (χ1) is 19.4. The number of amides is 5. The second-order valence-electron chi connectivity index (χ2n) is 9.19. The lowest BCUT2D eigenvalue weighted by atomic mass is 10.1. The molecule has 0 spiro atoms. The molecule has 216 valence electrons. The number of hydrogen-bond donors (Lipinski definition) is 4. The quantitative estimate of drug-likeness (QED) is 0.289. The molecule has 41 heavy (non-hydrogen) atoms. The van der Waals surface area contributed by atoms with E-state index in [0.29, 0.717) is 6.29 Å². The van der Waals surface area contributed by atoms with Gasteiger partial charge in [0.1, 0.15) is 31.3 Å². The van der Waals surface area contributed by atoms with Crippen molar-refractivity contribution in [2.75, 3.05) is 34.8 Å². The molecule has 0 radical (unpaired) electrons. The third-order valence-electron chi connectivity index (χ3n) is 6.00. The van der Waals surface area contributed by atoms with Crippen LogP contribution in [0.25, 0.3) is 0 Å². The lowest BCUT2D eigenvalue weighted by Crippen LogP contribution is -2.55. The minimum Gasteiger partial charge on any atom is -0.387 e. The van der Waals surface area contributed by atoms with Gasteiger partial charge in [-0.05, 0) is 37.3 Å². The van der Waals surface area contributed by atoms with Crippen molar-refractivity contribution in [3.63, 3.8) is 0 Å². The molecule has 0 fully saturated rings. The Bertz CT molecular complexity index is 1400. The predicted molar refractivity (Wildman–Crippen MR) is 149 cm³/mol. The van der Waals surface area contributed by atoms with Crippen molar-refractivity contribution < 1.29 is 38.7 Å². The number of anilines is 3. The zero-order valence-electron chi connectivity index (χ0n) is 22.2. The van der Waals surface area contributed by atoms with Gasteiger partial charge >= 0.3 is 0 Å². The van der Waals surface area contributed by atoms with Crippen molar-refractivity contribution in [1.82, 2.24) is 10.6 Å². The predicted octanol–water partition coefficient (Wildman–Crippen LogP) is 0.432. The van der Waals surface area contributed by atoms with Crippen molar-refractivity contribution in [2.45, 2.75) is 32.4 Å². The zero-order chi connectivity index (χ0) is 30.3. The van der Waals surface area contributed by atoms with Crippen LogP contribution in [-0.4, -0.2) is 78.5 Å². The van der Waals surface area contributed by atoms with Crippen LogP contribution < -0.4 is 25.8 Å². The van der Waals surface area contributed by atoms with Gasteiger partial charge in [-0.1, -0.05) is 23.7 Å². The van der Waals surface area contributed by atoms with E-state index in [1.807, 2.05) is 0 Å². The molecular weight excluding hydrogens is 558 g/mol.